The van der Waals surface area contributed by atoms with Crippen LogP contribution in [0, 0.1) is 0 Å². The summed E-state index contributed by atoms with van der Waals surface area (Å²) in [5.74, 6) is 3.06. The van der Waals surface area contributed by atoms with Crippen molar-refractivity contribution in [3.8, 4) is 23.0 Å². The quantitative estimate of drug-likeness (QED) is 0.662. The second-order valence-electron chi connectivity index (χ2n) is 8.72. The van der Waals surface area contributed by atoms with E-state index in [4.69, 9.17) is 18.9 Å². The molecule has 0 bridgehead atoms. The average Bonchev–Trinajstić information content (AvgIpc) is 2.84. The predicted octanol–water partition coefficient (Wildman–Crippen LogP) is 3.79. The molecule has 2 aliphatic rings. The lowest BCUT2D eigenvalue weighted by atomic mass is 9.91. The Labute approximate surface area is 196 Å². The molecule has 0 saturated heterocycles. The Kier molecular flexibility index (Phi) is 6.70. The molecule has 7 heteroatoms. The number of hydrogen-bond donors (Lipinski definition) is 0. The van der Waals surface area contributed by atoms with Crippen LogP contribution in [-0.4, -0.2) is 63.8 Å². The number of fused-ring (bicyclic) bond motifs is 2. The van der Waals surface area contributed by atoms with Crippen LogP contribution in [0.2, 0.25) is 0 Å². The van der Waals surface area contributed by atoms with Gasteiger partial charge in [-0.3, -0.25) is 9.69 Å². The number of ether oxygens (including phenoxy) is 4. The summed E-state index contributed by atoms with van der Waals surface area (Å²) in [5, 5.41) is 0. The third kappa shape index (κ3) is 4.22. The number of hydrogen-bond acceptors (Lipinski definition) is 6. The Morgan fingerprint density at radius 3 is 1.73 bits per heavy atom. The van der Waals surface area contributed by atoms with Crippen LogP contribution in [0.15, 0.2) is 24.3 Å². The molecule has 0 aliphatic carbocycles. The smallest absolute Gasteiger partial charge is 0.237 e. The average molecular weight is 455 g/mol. The number of methoxy groups -OCH3 is 4. The maximum Gasteiger partial charge on any atom is 0.237 e. The molecule has 4 rings (SSSR count). The van der Waals surface area contributed by atoms with Crippen molar-refractivity contribution in [1.29, 1.82) is 0 Å². The van der Waals surface area contributed by atoms with Crippen LogP contribution in [-0.2, 0) is 17.6 Å². The molecule has 0 aromatic heterocycles. The fraction of sp³-hybridized carbons (Fsp3) is 0.500. The summed E-state index contributed by atoms with van der Waals surface area (Å²) >= 11 is 0. The third-order valence-electron chi connectivity index (χ3n) is 7.16. The lowest BCUT2D eigenvalue weighted by Crippen LogP contribution is -2.46. The first-order valence-electron chi connectivity index (χ1n) is 11.4. The molecule has 2 aromatic rings. The van der Waals surface area contributed by atoms with E-state index in [2.05, 4.69) is 30.9 Å². The minimum Gasteiger partial charge on any atom is -0.493 e. The van der Waals surface area contributed by atoms with Crippen LogP contribution in [0.25, 0.3) is 0 Å². The Balaban J connectivity index is 1.51. The molecule has 2 aliphatic heterocycles. The summed E-state index contributed by atoms with van der Waals surface area (Å²) in [6, 6.07) is 8.27. The molecule has 0 saturated carbocycles. The molecule has 178 valence electrons. The van der Waals surface area contributed by atoms with E-state index in [1.54, 1.807) is 28.4 Å². The highest BCUT2D eigenvalue weighted by Gasteiger charge is 2.32. The van der Waals surface area contributed by atoms with Crippen molar-refractivity contribution in [3.05, 3.63) is 46.5 Å². The lowest BCUT2D eigenvalue weighted by molar-refractivity contribution is -0.135. The number of nitrogens with zero attached hydrogens (tertiary/aromatic N) is 2. The zero-order valence-electron chi connectivity index (χ0n) is 20.4. The minimum absolute atomic E-state index is 0.0159. The topological polar surface area (TPSA) is 60.5 Å². The number of rotatable bonds is 6. The van der Waals surface area contributed by atoms with Crippen LogP contribution in [0.4, 0.5) is 0 Å². The summed E-state index contributed by atoms with van der Waals surface area (Å²) in [4.78, 5) is 17.7. The maximum atomic E-state index is 13.4. The third-order valence-corrected chi connectivity index (χ3v) is 7.16. The van der Waals surface area contributed by atoms with Gasteiger partial charge in [-0.15, -0.1) is 0 Å². The number of amides is 1. The van der Waals surface area contributed by atoms with Gasteiger partial charge in [0, 0.05) is 19.1 Å². The van der Waals surface area contributed by atoms with Crippen molar-refractivity contribution in [2.45, 2.75) is 38.8 Å². The normalized spacial score (nSPS) is 20.0. The molecular formula is C26H34N2O5. The van der Waals surface area contributed by atoms with Crippen LogP contribution < -0.4 is 18.9 Å². The van der Waals surface area contributed by atoms with Crippen molar-refractivity contribution in [1.82, 2.24) is 9.80 Å². The molecule has 33 heavy (non-hydrogen) atoms. The standard InChI is InChI=1S/C26H34N2O5/c1-16-20-13-24(32-5)22(30-3)11-18(20)7-9-27(16)15-26(29)28-10-8-19-12-23(31-4)25(33-6)14-21(19)17(28)2/h11-14,16-17H,7-10,15H2,1-6H3. The van der Waals surface area contributed by atoms with Crippen LogP contribution in [0.5, 0.6) is 23.0 Å². The van der Waals surface area contributed by atoms with Gasteiger partial charge >= 0.3 is 0 Å². The van der Waals surface area contributed by atoms with Gasteiger partial charge in [-0.05, 0) is 73.2 Å². The highest BCUT2D eigenvalue weighted by Crippen LogP contribution is 2.40. The van der Waals surface area contributed by atoms with Gasteiger partial charge in [0.1, 0.15) is 0 Å². The van der Waals surface area contributed by atoms with Gasteiger partial charge in [-0.2, -0.15) is 0 Å². The zero-order valence-corrected chi connectivity index (χ0v) is 20.4. The van der Waals surface area contributed by atoms with Gasteiger partial charge in [-0.25, -0.2) is 0 Å². The molecule has 1 amide bonds. The first kappa shape index (κ1) is 23.2. The van der Waals surface area contributed by atoms with Crippen LogP contribution >= 0.6 is 0 Å². The van der Waals surface area contributed by atoms with E-state index in [0.29, 0.717) is 18.8 Å². The number of carbonyl (C=O) groups is 1. The predicted molar refractivity (Wildman–Crippen MR) is 127 cm³/mol. The summed E-state index contributed by atoms with van der Waals surface area (Å²) in [7, 11) is 6.60. The van der Waals surface area contributed by atoms with Gasteiger partial charge in [0.05, 0.1) is 41.0 Å². The van der Waals surface area contributed by atoms with Gasteiger partial charge < -0.3 is 23.8 Å². The summed E-state index contributed by atoms with van der Waals surface area (Å²) in [5.41, 5.74) is 4.79. The van der Waals surface area contributed by atoms with Crippen molar-refractivity contribution < 1.29 is 23.7 Å². The lowest BCUT2D eigenvalue weighted by Gasteiger charge is -2.39. The molecule has 0 N–H and O–H groups in total. The number of carbonyl (C=O) groups excluding carboxylic acids is 1. The van der Waals surface area contributed by atoms with E-state index in [-0.39, 0.29) is 18.0 Å². The molecule has 0 radical (unpaired) electrons. The Morgan fingerprint density at radius 2 is 1.21 bits per heavy atom. The van der Waals surface area contributed by atoms with Crippen molar-refractivity contribution in [3.63, 3.8) is 0 Å². The molecule has 2 aromatic carbocycles. The highest BCUT2D eigenvalue weighted by atomic mass is 16.5. The van der Waals surface area contributed by atoms with E-state index in [1.807, 2.05) is 17.0 Å². The van der Waals surface area contributed by atoms with E-state index in [0.717, 1.165) is 42.2 Å². The SMILES string of the molecule is COc1cc2c(cc1OC)C(C)N(CC(=O)N1CCc3cc(OC)c(OC)cc3C1C)CC2. The molecule has 0 spiro atoms. The fourth-order valence-electron chi connectivity index (χ4n) is 5.16. The van der Waals surface area contributed by atoms with Gasteiger partial charge in [-0.1, -0.05) is 0 Å². The largest absolute Gasteiger partial charge is 0.493 e. The van der Waals surface area contributed by atoms with E-state index in [9.17, 15) is 4.79 Å². The fourth-order valence-corrected chi connectivity index (χ4v) is 5.16. The van der Waals surface area contributed by atoms with E-state index >= 15 is 0 Å². The molecular weight excluding hydrogens is 420 g/mol. The maximum absolute atomic E-state index is 13.4. The Hall–Kier alpha value is -2.93. The van der Waals surface area contributed by atoms with Crippen LogP contribution in [0.1, 0.15) is 48.2 Å². The summed E-state index contributed by atoms with van der Waals surface area (Å²) in [6.45, 7) is 6.17. The van der Waals surface area contributed by atoms with Crippen molar-refractivity contribution >= 4 is 5.91 Å². The zero-order chi connectivity index (χ0) is 23.7. The molecule has 2 heterocycles. The summed E-state index contributed by atoms with van der Waals surface area (Å²) < 4.78 is 21.9. The van der Waals surface area contributed by atoms with Crippen LogP contribution in [0.3, 0.4) is 0 Å². The molecule has 2 unspecified atom stereocenters. The molecule has 0 fully saturated rings. The molecule has 7 nitrogen and oxygen atoms in total. The second-order valence-corrected chi connectivity index (χ2v) is 8.72. The van der Waals surface area contributed by atoms with Crippen molar-refractivity contribution in [2.24, 2.45) is 0 Å². The number of benzene rings is 2. The van der Waals surface area contributed by atoms with Gasteiger partial charge in [0.2, 0.25) is 5.91 Å². The molecule has 2 atom stereocenters. The highest BCUT2D eigenvalue weighted by molar-refractivity contribution is 5.79. The minimum atomic E-state index is -0.0159. The van der Waals surface area contributed by atoms with Crippen molar-refractivity contribution in [2.75, 3.05) is 48.1 Å². The first-order valence-corrected chi connectivity index (χ1v) is 11.4. The van der Waals surface area contributed by atoms with E-state index in [1.165, 1.54) is 16.7 Å². The van der Waals surface area contributed by atoms with Gasteiger partial charge in [0.25, 0.3) is 0 Å². The first-order chi connectivity index (χ1) is 15.9. The Bertz CT molecular complexity index is 1040. The Morgan fingerprint density at radius 1 is 0.758 bits per heavy atom. The summed E-state index contributed by atoms with van der Waals surface area (Å²) in [6.07, 6.45) is 1.68. The van der Waals surface area contributed by atoms with Gasteiger partial charge in [0.15, 0.2) is 23.0 Å². The monoisotopic (exact) mass is 454 g/mol. The second kappa shape index (κ2) is 9.51. The van der Waals surface area contributed by atoms with E-state index < -0.39 is 0 Å².